The summed E-state index contributed by atoms with van der Waals surface area (Å²) in [6.07, 6.45) is 4.94. The van der Waals surface area contributed by atoms with Crippen molar-refractivity contribution in [2.45, 2.75) is 26.2 Å². The number of carbonyl (C=O) groups is 1. The highest BCUT2D eigenvalue weighted by Crippen LogP contribution is 2.30. The first-order valence-electron chi connectivity index (χ1n) is 8.59. The second-order valence-corrected chi connectivity index (χ2v) is 7.29. The van der Waals surface area contributed by atoms with Crippen LogP contribution < -0.4 is 5.32 Å². The molecule has 0 saturated carbocycles. The Hall–Kier alpha value is -3.22. The number of aryl methyl sites for hydroxylation is 1. The largest absolute Gasteiger partial charge is 0.465 e. The molecule has 1 N–H and O–H groups in total. The molecule has 0 bridgehead atoms. The first-order valence-corrected chi connectivity index (χ1v) is 8.59. The van der Waals surface area contributed by atoms with Crippen LogP contribution in [-0.4, -0.2) is 32.8 Å². The predicted octanol–water partition coefficient (Wildman–Crippen LogP) is 3.70. The van der Waals surface area contributed by atoms with E-state index in [0.29, 0.717) is 11.3 Å². The number of aromatic nitrogens is 4. The summed E-state index contributed by atoms with van der Waals surface area (Å²) < 4.78 is 6.69. The maximum Gasteiger partial charge on any atom is 0.339 e. The van der Waals surface area contributed by atoms with E-state index in [9.17, 15) is 4.79 Å². The number of benzene rings is 1. The summed E-state index contributed by atoms with van der Waals surface area (Å²) in [5, 5.41) is 7.89. The Morgan fingerprint density at radius 2 is 1.81 bits per heavy atom. The smallest absolute Gasteiger partial charge is 0.339 e. The highest BCUT2D eigenvalue weighted by molar-refractivity contribution is 5.97. The molecule has 2 heterocycles. The lowest BCUT2D eigenvalue weighted by Crippen LogP contribution is -2.12. The number of hydrogen-bond donors (Lipinski definition) is 1. The van der Waals surface area contributed by atoms with E-state index < -0.39 is 5.97 Å². The molecule has 0 aliphatic rings. The van der Waals surface area contributed by atoms with Gasteiger partial charge < -0.3 is 10.1 Å². The molecule has 0 fully saturated rings. The molecule has 0 aliphatic heterocycles. The molecule has 0 saturated heterocycles. The molecule has 1 aromatic carbocycles. The molecule has 0 atom stereocenters. The molecule has 27 heavy (non-hydrogen) atoms. The van der Waals surface area contributed by atoms with Crippen molar-refractivity contribution in [2.24, 2.45) is 7.05 Å². The minimum absolute atomic E-state index is 0.0773. The number of ether oxygens (including phenoxy) is 1. The van der Waals surface area contributed by atoms with E-state index >= 15 is 0 Å². The molecule has 0 unspecified atom stereocenters. The zero-order valence-electron chi connectivity index (χ0n) is 16.1. The van der Waals surface area contributed by atoms with Gasteiger partial charge >= 0.3 is 5.97 Å². The van der Waals surface area contributed by atoms with E-state index in [0.717, 1.165) is 22.6 Å². The van der Waals surface area contributed by atoms with Crippen molar-refractivity contribution < 1.29 is 9.53 Å². The van der Waals surface area contributed by atoms with E-state index in [1.165, 1.54) is 13.4 Å². The zero-order chi connectivity index (χ0) is 19.6. The predicted molar refractivity (Wildman–Crippen MR) is 104 cm³/mol. The van der Waals surface area contributed by atoms with Gasteiger partial charge in [0.1, 0.15) is 12.1 Å². The summed E-state index contributed by atoms with van der Waals surface area (Å²) in [7, 11) is 3.23. The summed E-state index contributed by atoms with van der Waals surface area (Å²) in [6, 6.07) is 7.45. The number of rotatable bonds is 4. The second-order valence-electron chi connectivity index (χ2n) is 7.29. The van der Waals surface area contributed by atoms with Gasteiger partial charge in [-0.15, -0.1) is 0 Å². The molecule has 0 amide bonds. The fraction of sp³-hybridized carbons (Fsp3) is 0.300. The average Bonchev–Trinajstić information content (AvgIpc) is 3.03. The number of nitrogens with zero attached hydrogens (tertiary/aromatic N) is 4. The molecule has 140 valence electrons. The van der Waals surface area contributed by atoms with Crippen molar-refractivity contribution in [2.75, 3.05) is 12.4 Å². The molecule has 3 aromatic rings. The third-order valence-corrected chi connectivity index (χ3v) is 4.23. The standard InChI is InChI=1S/C20H23N5O2/c1-20(2,3)17-9-18(25(4)24-17)23-16-8-13(14-10-21-12-22-11-14)6-7-15(16)19(26)27-5/h6-12,23H,1-5H3. The van der Waals surface area contributed by atoms with Crippen LogP contribution in [0.5, 0.6) is 0 Å². The fourth-order valence-electron chi connectivity index (χ4n) is 2.65. The van der Waals surface area contributed by atoms with Crippen molar-refractivity contribution in [3.63, 3.8) is 0 Å². The van der Waals surface area contributed by atoms with Crippen LogP contribution in [0.2, 0.25) is 0 Å². The lowest BCUT2D eigenvalue weighted by molar-refractivity contribution is 0.0602. The molecular weight excluding hydrogens is 342 g/mol. The van der Waals surface area contributed by atoms with E-state index in [1.807, 2.05) is 25.2 Å². The zero-order valence-corrected chi connectivity index (χ0v) is 16.1. The Balaban J connectivity index is 2.04. The Bertz CT molecular complexity index is 958. The van der Waals surface area contributed by atoms with Gasteiger partial charge in [0.05, 0.1) is 24.1 Å². The Morgan fingerprint density at radius 3 is 2.41 bits per heavy atom. The van der Waals surface area contributed by atoms with Gasteiger partial charge in [-0.05, 0) is 17.7 Å². The minimum Gasteiger partial charge on any atom is -0.465 e. The van der Waals surface area contributed by atoms with Crippen molar-refractivity contribution in [1.82, 2.24) is 19.7 Å². The Labute approximate surface area is 158 Å². The van der Waals surface area contributed by atoms with Crippen LogP contribution in [0, 0.1) is 0 Å². The van der Waals surface area contributed by atoms with E-state index in [4.69, 9.17) is 4.74 Å². The van der Waals surface area contributed by atoms with Crippen LogP contribution in [0.1, 0.15) is 36.8 Å². The molecule has 0 aliphatic carbocycles. The minimum atomic E-state index is -0.411. The van der Waals surface area contributed by atoms with Crippen LogP contribution >= 0.6 is 0 Å². The van der Waals surface area contributed by atoms with E-state index in [2.05, 4.69) is 41.2 Å². The van der Waals surface area contributed by atoms with Crippen LogP contribution in [0.15, 0.2) is 43.0 Å². The second kappa shape index (κ2) is 7.19. The highest BCUT2D eigenvalue weighted by atomic mass is 16.5. The monoisotopic (exact) mass is 365 g/mol. The summed E-state index contributed by atoms with van der Waals surface area (Å²) in [5.74, 6) is 0.373. The van der Waals surface area contributed by atoms with Crippen LogP contribution in [0.3, 0.4) is 0 Å². The topological polar surface area (TPSA) is 81.9 Å². The maximum atomic E-state index is 12.2. The van der Waals surface area contributed by atoms with Crippen LogP contribution in [0.4, 0.5) is 11.5 Å². The molecule has 0 radical (unpaired) electrons. The maximum absolute atomic E-state index is 12.2. The number of methoxy groups -OCH3 is 1. The van der Waals surface area contributed by atoms with Gasteiger partial charge in [0.2, 0.25) is 0 Å². The third kappa shape index (κ3) is 3.97. The molecule has 0 spiro atoms. The van der Waals surface area contributed by atoms with Gasteiger partial charge in [0.15, 0.2) is 0 Å². The van der Waals surface area contributed by atoms with Gasteiger partial charge in [-0.25, -0.2) is 14.8 Å². The Kier molecular flexibility index (Phi) is 4.94. The van der Waals surface area contributed by atoms with Crippen LogP contribution in [-0.2, 0) is 17.2 Å². The molecule has 7 heteroatoms. The summed E-state index contributed by atoms with van der Waals surface area (Å²) in [5.41, 5.74) is 3.70. The third-order valence-electron chi connectivity index (χ3n) is 4.23. The van der Waals surface area contributed by atoms with Crippen LogP contribution in [0.25, 0.3) is 11.1 Å². The van der Waals surface area contributed by atoms with Gasteiger partial charge in [-0.1, -0.05) is 26.8 Å². The number of hydrogen-bond acceptors (Lipinski definition) is 6. The SMILES string of the molecule is COC(=O)c1ccc(-c2cncnc2)cc1Nc1cc(C(C)(C)C)nn1C. The molecular formula is C20H23N5O2. The van der Waals surface area contributed by atoms with E-state index in [-0.39, 0.29) is 5.41 Å². The number of anilines is 2. The molecule has 3 rings (SSSR count). The summed E-state index contributed by atoms with van der Waals surface area (Å²) in [4.78, 5) is 20.3. The summed E-state index contributed by atoms with van der Waals surface area (Å²) >= 11 is 0. The first kappa shape index (κ1) is 18.6. The van der Waals surface area contributed by atoms with Gasteiger partial charge in [0, 0.05) is 36.5 Å². The van der Waals surface area contributed by atoms with Gasteiger partial charge in [-0.2, -0.15) is 5.10 Å². The molecule has 2 aromatic heterocycles. The summed E-state index contributed by atoms with van der Waals surface area (Å²) in [6.45, 7) is 6.32. The molecule has 7 nitrogen and oxygen atoms in total. The van der Waals surface area contributed by atoms with Crippen molar-refractivity contribution in [3.8, 4) is 11.1 Å². The van der Waals surface area contributed by atoms with E-state index in [1.54, 1.807) is 23.1 Å². The number of carbonyl (C=O) groups excluding carboxylic acids is 1. The quantitative estimate of drug-likeness (QED) is 0.710. The first-order chi connectivity index (χ1) is 12.8. The highest BCUT2D eigenvalue weighted by Gasteiger charge is 2.20. The van der Waals surface area contributed by atoms with Crippen molar-refractivity contribution in [1.29, 1.82) is 0 Å². The van der Waals surface area contributed by atoms with Crippen molar-refractivity contribution in [3.05, 3.63) is 54.2 Å². The van der Waals surface area contributed by atoms with Crippen molar-refractivity contribution >= 4 is 17.5 Å². The number of nitrogens with one attached hydrogen (secondary N) is 1. The lowest BCUT2D eigenvalue weighted by atomic mass is 9.92. The Morgan fingerprint density at radius 1 is 1.11 bits per heavy atom. The number of esters is 1. The van der Waals surface area contributed by atoms with Gasteiger partial charge in [0.25, 0.3) is 0 Å². The lowest BCUT2D eigenvalue weighted by Gasteiger charge is -2.14. The average molecular weight is 365 g/mol. The van der Waals surface area contributed by atoms with Gasteiger partial charge in [-0.3, -0.25) is 4.68 Å². The normalized spacial score (nSPS) is 11.3. The fourth-order valence-corrected chi connectivity index (χ4v) is 2.65.